The van der Waals surface area contributed by atoms with E-state index in [1.807, 2.05) is 25.7 Å². The topological polar surface area (TPSA) is 103 Å². The smallest absolute Gasteiger partial charge is 0.237 e. The zero-order chi connectivity index (χ0) is 30.4. The number of piperazine rings is 1. The molecule has 3 aliphatic heterocycles. The van der Waals surface area contributed by atoms with Gasteiger partial charge in [0.2, 0.25) is 17.7 Å². The molecular weight excluding hydrogens is 587 g/mol. The molecule has 3 amide bonds. The van der Waals surface area contributed by atoms with Gasteiger partial charge in [0, 0.05) is 43.8 Å². The Hall–Kier alpha value is -2.53. The highest BCUT2D eigenvalue weighted by Crippen LogP contribution is 2.59. The molecular formula is C30H37Cl2F2N5O3. The van der Waals surface area contributed by atoms with E-state index in [9.17, 15) is 18.8 Å². The first-order valence-electron chi connectivity index (χ1n) is 14.3. The van der Waals surface area contributed by atoms with Crippen molar-refractivity contribution < 1.29 is 23.2 Å². The third kappa shape index (κ3) is 5.83. The molecule has 1 aliphatic carbocycles. The summed E-state index contributed by atoms with van der Waals surface area (Å²) in [5.74, 6) is -2.18. The molecule has 1 aromatic rings. The minimum atomic E-state index is -1.53. The monoisotopic (exact) mass is 623 g/mol. The Labute approximate surface area is 254 Å². The number of rotatable bonds is 7. The zero-order valence-corrected chi connectivity index (χ0v) is 25.4. The van der Waals surface area contributed by atoms with E-state index in [-0.39, 0.29) is 28.2 Å². The van der Waals surface area contributed by atoms with Gasteiger partial charge >= 0.3 is 0 Å². The summed E-state index contributed by atoms with van der Waals surface area (Å²) in [6.45, 7) is 8.75. The van der Waals surface area contributed by atoms with Crippen LogP contribution in [0.3, 0.4) is 0 Å². The van der Waals surface area contributed by atoms with Crippen LogP contribution < -0.4 is 21.3 Å². The number of alkyl halides is 2. The van der Waals surface area contributed by atoms with Gasteiger partial charge in [-0.15, -0.1) is 11.6 Å². The van der Waals surface area contributed by atoms with Crippen molar-refractivity contribution in [1.29, 1.82) is 0 Å². The van der Waals surface area contributed by atoms with Crippen molar-refractivity contribution in [3.8, 4) is 0 Å². The molecule has 4 N–H and O–H groups in total. The molecule has 3 heterocycles. The number of carbonyl (C=O) groups excluding carboxylic acids is 3. The first-order chi connectivity index (χ1) is 19.8. The van der Waals surface area contributed by atoms with Crippen LogP contribution in [0.25, 0.3) is 0 Å². The maximum Gasteiger partial charge on any atom is 0.237 e. The van der Waals surface area contributed by atoms with Crippen LogP contribution in [0.2, 0.25) is 5.02 Å². The second-order valence-electron chi connectivity index (χ2n) is 12.8. The van der Waals surface area contributed by atoms with Gasteiger partial charge in [0.05, 0.1) is 23.0 Å². The summed E-state index contributed by atoms with van der Waals surface area (Å²) in [5.41, 5.74) is -0.286. The van der Waals surface area contributed by atoms with Crippen molar-refractivity contribution in [2.75, 3.05) is 32.7 Å². The van der Waals surface area contributed by atoms with E-state index in [2.05, 4.69) is 21.3 Å². The molecule has 5 rings (SSSR count). The van der Waals surface area contributed by atoms with Crippen LogP contribution in [0.1, 0.15) is 45.1 Å². The Balaban J connectivity index is 1.51. The van der Waals surface area contributed by atoms with E-state index in [4.69, 9.17) is 23.2 Å². The first kappa shape index (κ1) is 30.9. The molecule has 0 radical (unpaired) electrons. The number of carbonyl (C=O) groups is 3. The van der Waals surface area contributed by atoms with Gasteiger partial charge in [-0.05, 0) is 53.7 Å². The van der Waals surface area contributed by atoms with Gasteiger partial charge in [0.15, 0.2) is 0 Å². The molecule has 0 saturated carbocycles. The predicted octanol–water partition coefficient (Wildman–Crippen LogP) is 3.16. The highest BCUT2D eigenvalue weighted by atomic mass is 35.5. The molecule has 1 aromatic carbocycles. The summed E-state index contributed by atoms with van der Waals surface area (Å²) in [6.07, 6.45) is 2.46. The Morgan fingerprint density at radius 2 is 2.00 bits per heavy atom. The lowest BCUT2D eigenvalue weighted by Crippen LogP contribution is -2.48. The Kier molecular flexibility index (Phi) is 8.73. The van der Waals surface area contributed by atoms with Crippen LogP contribution in [0.15, 0.2) is 41.6 Å². The van der Waals surface area contributed by atoms with Crippen molar-refractivity contribution in [3.05, 3.63) is 58.0 Å². The summed E-state index contributed by atoms with van der Waals surface area (Å²) in [5, 5.41) is 11.1. The molecule has 0 aromatic heterocycles. The zero-order valence-electron chi connectivity index (χ0n) is 23.9. The Morgan fingerprint density at radius 1 is 1.24 bits per heavy atom. The largest absolute Gasteiger partial charge is 0.355 e. The Morgan fingerprint density at radius 3 is 2.69 bits per heavy atom. The standard InChI is InChI=1S/C30H37Cl2F2N5O3/c1-29(2,3)14-23-30(17-12-21(34)19(32)13-22(17)37-28(30)42)25(16-5-6-20(33)18(31)11-16)26(38-23)27(41)36-7-4-9-39-10-8-35-24(40)15-39/h5-6,11-13,19,21,23,25-26,38H,4,7-10,14-15H2,1-3H3,(H,35,40)(H,36,41)(H,37,42)/t19?,21?,23-,25+,26-,30+/m1/s1. The normalized spacial score (nSPS) is 31.4. The number of benzene rings is 1. The second kappa shape index (κ2) is 11.9. The number of hydrogen-bond acceptors (Lipinski definition) is 5. The number of halogens is 4. The number of fused-ring (bicyclic) bond motifs is 2. The van der Waals surface area contributed by atoms with E-state index < -0.39 is 40.8 Å². The molecule has 228 valence electrons. The Bertz CT molecular complexity index is 1330. The average molecular weight is 625 g/mol. The number of nitrogens with zero attached hydrogens (tertiary/aromatic N) is 1. The summed E-state index contributed by atoms with van der Waals surface area (Å²) >= 11 is 12.4. The van der Waals surface area contributed by atoms with Crippen LogP contribution in [0.5, 0.6) is 0 Å². The van der Waals surface area contributed by atoms with Crippen molar-refractivity contribution in [1.82, 2.24) is 26.2 Å². The van der Waals surface area contributed by atoms with Gasteiger partial charge in [0.25, 0.3) is 0 Å². The summed E-state index contributed by atoms with van der Waals surface area (Å²) in [4.78, 5) is 41.8. The quantitative estimate of drug-likeness (QED) is 0.276. The molecule has 2 unspecified atom stereocenters. The number of nitrogens with one attached hydrogen (secondary N) is 4. The SMILES string of the molecule is CC(C)(C)C[C@H]1N[C@@H](C(=O)NCCCN2CCNC(=O)C2)[C@H](c2ccc(F)c(Cl)c2)[C@@]12C(=O)NC1=CC(Cl)C(F)C=C12. The fraction of sp³-hybridized carbons (Fsp3) is 0.567. The van der Waals surface area contributed by atoms with Gasteiger partial charge in [-0.2, -0.15) is 0 Å². The molecule has 8 nitrogen and oxygen atoms in total. The summed E-state index contributed by atoms with van der Waals surface area (Å²) in [6, 6.07) is 2.73. The van der Waals surface area contributed by atoms with Crippen LogP contribution in [-0.2, 0) is 14.4 Å². The molecule has 6 atom stereocenters. The van der Waals surface area contributed by atoms with E-state index in [1.165, 1.54) is 30.4 Å². The molecule has 4 aliphatic rings. The lowest BCUT2D eigenvalue weighted by Gasteiger charge is -2.38. The van der Waals surface area contributed by atoms with E-state index in [0.717, 1.165) is 6.54 Å². The van der Waals surface area contributed by atoms with Gasteiger partial charge in [-0.1, -0.05) is 38.4 Å². The maximum absolute atomic E-state index is 15.1. The predicted molar refractivity (Wildman–Crippen MR) is 157 cm³/mol. The first-order valence-corrected chi connectivity index (χ1v) is 15.1. The van der Waals surface area contributed by atoms with Crippen molar-refractivity contribution in [3.63, 3.8) is 0 Å². The van der Waals surface area contributed by atoms with Crippen LogP contribution >= 0.6 is 23.2 Å². The molecule has 0 bridgehead atoms. The molecule has 1 spiro atoms. The van der Waals surface area contributed by atoms with Gasteiger partial charge < -0.3 is 21.3 Å². The van der Waals surface area contributed by atoms with Crippen LogP contribution in [-0.4, -0.2) is 79.0 Å². The van der Waals surface area contributed by atoms with E-state index >= 15 is 4.39 Å². The fourth-order valence-electron chi connectivity index (χ4n) is 6.81. The molecule has 3 saturated heterocycles. The number of allylic oxidation sites excluding steroid dienone is 3. The van der Waals surface area contributed by atoms with Gasteiger partial charge in [-0.3, -0.25) is 19.3 Å². The lowest BCUT2D eigenvalue weighted by atomic mass is 9.61. The third-order valence-electron chi connectivity index (χ3n) is 8.54. The molecule has 12 heteroatoms. The van der Waals surface area contributed by atoms with Crippen molar-refractivity contribution in [2.24, 2.45) is 10.8 Å². The number of amides is 3. The molecule has 42 heavy (non-hydrogen) atoms. The maximum atomic E-state index is 15.1. The average Bonchev–Trinajstić information content (AvgIpc) is 3.38. The van der Waals surface area contributed by atoms with Crippen molar-refractivity contribution >= 4 is 40.9 Å². The van der Waals surface area contributed by atoms with Gasteiger partial charge in [0.1, 0.15) is 17.4 Å². The van der Waals surface area contributed by atoms with E-state index in [1.54, 1.807) is 0 Å². The van der Waals surface area contributed by atoms with Crippen LogP contribution in [0.4, 0.5) is 8.78 Å². The highest BCUT2D eigenvalue weighted by Gasteiger charge is 2.67. The van der Waals surface area contributed by atoms with Gasteiger partial charge in [-0.25, -0.2) is 8.78 Å². The molecule has 3 fully saturated rings. The summed E-state index contributed by atoms with van der Waals surface area (Å²) in [7, 11) is 0. The number of hydrogen-bond donors (Lipinski definition) is 4. The minimum Gasteiger partial charge on any atom is -0.355 e. The van der Waals surface area contributed by atoms with Crippen molar-refractivity contribution in [2.45, 2.75) is 63.2 Å². The fourth-order valence-corrected chi connectivity index (χ4v) is 7.19. The second-order valence-corrected chi connectivity index (χ2v) is 13.7. The van der Waals surface area contributed by atoms with Crippen LogP contribution in [0, 0.1) is 16.6 Å². The summed E-state index contributed by atoms with van der Waals surface area (Å²) < 4.78 is 29.5. The lowest BCUT2D eigenvalue weighted by molar-refractivity contribution is -0.128. The highest BCUT2D eigenvalue weighted by molar-refractivity contribution is 6.30. The third-order valence-corrected chi connectivity index (χ3v) is 9.20. The minimum absolute atomic E-state index is 0.0206. The van der Waals surface area contributed by atoms with E-state index in [0.29, 0.717) is 55.9 Å².